The molecule has 2 heterocycles. The Morgan fingerprint density at radius 1 is 1.21 bits per heavy atom. The second-order valence-electron chi connectivity index (χ2n) is 6.50. The van der Waals surface area contributed by atoms with Crippen LogP contribution in [0.15, 0.2) is 0 Å². The Kier molecular flexibility index (Phi) is 5.67. The van der Waals surface area contributed by atoms with Gasteiger partial charge in [0.05, 0.1) is 0 Å². The van der Waals surface area contributed by atoms with Gasteiger partial charge in [0.25, 0.3) is 0 Å². The first-order valence-electron chi connectivity index (χ1n) is 8.40. The maximum Gasteiger partial charge on any atom is 0.0224 e. The molecule has 0 aromatic rings. The van der Waals surface area contributed by atoms with Gasteiger partial charge in [-0.05, 0) is 46.2 Å². The molecule has 2 aliphatic rings. The van der Waals surface area contributed by atoms with E-state index in [2.05, 4.69) is 42.8 Å². The van der Waals surface area contributed by atoms with Gasteiger partial charge < -0.3 is 5.32 Å². The lowest BCUT2D eigenvalue weighted by Gasteiger charge is -2.50. The molecular formula is C16H33N3. The van der Waals surface area contributed by atoms with E-state index in [1.807, 2.05) is 0 Å². The molecule has 0 aromatic heterocycles. The number of rotatable bonds is 5. The standard InChI is InChI=1S/C16H33N3/c1-5-16(17-6-2)14(4)19-12-15-9-7-8-10-18(15)11-13(19)3/h13-17H,5-12H2,1-4H3. The molecular weight excluding hydrogens is 234 g/mol. The highest BCUT2D eigenvalue weighted by atomic mass is 15.3. The molecule has 0 radical (unpaired) electrons. The second-order valence-corrected chi connectivity index (χ2v) is 6.50. The van der Waals surface area contributed by atoms with Gasteiger partial charge in [-0.25, -0.2) is 0 Å². The molecule has 0 amide bonds. The van der Waals surface area contributed by atoms with Crippen LogP contribution in [0.25, 0.3) is 0 Å². The summed E-state index contributed by atoms with van der Waals surface area (Å²) in [4.78, 5) is 5.51. The fraction of sp³-hybridized carbons (Fsp3) is 1.00. The van der Waals surface area contributed by atoms with Crippen molar-refractivity contribution in [3.63, 3.8) is 0 Å². The number of nitrogens with zero attached hydrogens (tertiary/aromatic N) is 2. The molecule has 3 nitrogen and oxygen atoms in total. The summed E-state index contributed by atoms with van der Waals surface area (Å²) < 4.78 is 0. The minimum atomic E-state index is 0.641. The number of fused-ring (bicyclic) bond motifs is 1. The van der Waals surface area contributed by atoms with Crippen LogP contribution in [0, 0.1) is 0 Å². The van der Waals surface area contributed by atoms with E-state index in [0.717, 1.165) is 12.6 Å². The van der Waals surface area contributed by atoms with Gasteiger partial charge in [0.2, 0.25) is 0 Å². The first-order valence-corrected chi connectivity index (χ1v) is 8.40. The SMILES string of the molecule is CCNC(CC)C(C)N1CC2CCCCN2CC1C. The maximum absolute atomic E-state index is 3.67. The summed E-state index contributed by atoms with van der Waals surface area (Å²) in [6.45, 7) is 14.3. The highest BCUT2D eigenvalue weighted by Gasteiger charge is 2.36. The summed E-state index contributed by atoms with van der Waals surface area (Å²) in [6.07, 6.45) is 5.48. The molecule has 0 aromatic carbocycles. The van der Waals surface area contributed by atoms with E-state index in [9.17, 15) is 0 Å². The summed E-state index contributed by atoms with van der Waals surface area (Å²) in [5.74, 6) is 0. The van der Waals surface area contributed by atoms with E-state index in [4.69, 9.17) is 0 Å². The molecule has 19 heavy (non-hydrogen) atoms. The van der Waals surface area contributed by atoms with Crippen molar-refractivity contribution in [1.29, 1.82) is 0 Å². The fourth-order valence-corrected chi connectivity index (χ4v) is 4.09. The molecule has 0 aliphatic carbocycles. The third-order valence-corrected chi connectivity index (χ3v) is 5.25. The number of likely N-dealkylation sites (N-methyl/N-ethyl adjacent to an activating group) is 1. The largest absolute Gasteiger partial charge is 0.313 e. The number of piperazine rings is 1. The van der Waals surface area contributed by atoms with Gasteiger partial charge >= 0.3 is 0 Å². The molecule has 0 spiro atoms. The van der Waals surface area contributed by atoms with Crippen LogP contribution in [0.1, 0.15) is 53.4 Å². The van der Waals surface area contributed by atoms with E-state index in [1.165, 1.54) is 45.3 Å². The van der Waals surface area contributed by atoms with Crippen molar-refractivity contribution in [2.24, 2.45) is 0 Å². The third kappa shape index (κ3) is 3.50. The summed E-state index contributed by atoms with van der Waals surface area (Å²) in [6, 6.07) is 2.83. The quantitative estimate of drug-likeness (QED) is 0.825. The molecule has 3 heteroatoms. The molecule has 0 bridgehead atoms. The Labute approximate surface area is 119 Å². The van der Waals surface area contributed by atoms with E-state index < -0.39 is 0 Å². The maximum atomic E-state index is 3.67. The number of hydrogen-bond acceptors (Lipinski definition) is 3. The Hall–Kier alpha value is -0.120. The van der Waals surface area contributed by atoms with Gasteiger partial charge in [-0.15, -0.1) is 0 Å². The fourth-order valence-electron chi connectivity index (χ4n) is 4.09. The van der Waals surface area contributed by atoms with Crippen LogP contribution in [-0.2, 0) is 0 Å². The smallest absolute Gasteiger partial charge is 0.0224 e. The van der Waals surface area contributed by atoms with E-state index in [0.29, 0.717) is 18.1 Å². The lowest BCUT2D eigenvalue weighted by atomic mass is 9.94. The monoisotopic (exact) mass is 267 g/mol. The van der Waals surface area contributed by atoms with Crippen molar-refractivity contribution in [2.75, 3.05) is 26.2 Å². The molecule has 2 aliphatic heterocycles. The van der Waals surface area contributed by atoms with Crippen LogP contribution in [-0.4, -0.2) is 60.1 Å². The summed E-state index contributed by atoms with van der Waals surface area (Å²) >= 11 is 0. The molecule has 0 saturated carbocycles. The summed E-state index contributed by atoms with van der Waals surface area (Å²) in [5.41, 5.74) is 0. The average Bonchev–Trinajstić information content (AvgIpc) is 2.43. The minimum absolute atomic E-state index is 0.641. The highest BCUT2D eigenvalue weighted by Crippen LogP contribution is 2.26. The molecule has 4 unspecified atom stereocenters. The summed E-state index contributed by atoms with van der Waals surface area (Å²) in [5, 5.41) is 3.67. The van der Waals surface area contributed by atoms with Crippen LogP contribution in [0.3, 0.4) is 0 Å². The topological polar surface area (TPSA) is 18.5 Å². The molecule has 2 fully saturated rings. The van der Waals surface area contributed by atoms with Crippen molar-refractivity contribution in [3.05, 3.63) is 0 Å². The van der Waals surface area contributed by atoms with Gasteiger partial charge in [-0.1, -0.05) is 20.3 Å². The third-order valence-electron chi connectivity index (χ3n) is 5.25. The van der Waals surface area contributed by atoms with Crippen LogP contribution in [0.4, 0.5) is 0 Å². The van der Waals surface area contributed by atoms with E-state index >= 15 is 0 Å². The lowest BCUT2D eigenvalue weighted by Crippen LogP contribution is -2.63. The number of nitrogens with one attached hydrogen (secondary N) is 1. The molecule has 2 saturated heterocycles. The van der Waals surface area contributed by atoms with Crippen molar-refractivity contribution >= 4 is 0 Å². The summed E-state index contributed by atoms with van der Waals surface area (Å²) in [7, 11) is 0. The zero-order valence-electron chi connectivity index (χ0n) is 13.4. The predicted molar refractivity (Wildman–Crippen MR) is 82.6 cm³/mol. The van der Waals surface area contributed by atoms with Crippen molar-refractivity contribution in [3.8, 4) is 0 Å². The average molecular weight is 267 g/mol. The number of hydrogen-bond donors (Lipinski definition) is 1. The molecule has 112 valence electrons. The van der Waals surface area contributed by atoms with Crippen molar-refractivity contribution < 1.29 is 0 Å². The van der Waals surface area contributed by atoms with Gasteiger partial charge in [-0.3, -0.25) is 9.80 Å². The van der Waals surface area contributed by atoms with Gasteiger partial charge in [0.15, 0.2) is 0 Å². The molecule has 4 atom stereocenters. The zero-order chi connectivity index (χ0) is 13.8. The molecule has 2 rings (SSSR count). The van der Waals surface area contributed by atoms with Gasteiger partial charge in [-0.2, -0.15) is 0 Å². The Morgan fingerprint density at radius 3 is 2.68 bits per heavy atom. The van der Waals surface area contributed by atoms with Crippen LogP contribution in [0.2, 0.25) is 0 Å². The second kappa shape index (κ2) is 7.05. The predicted octanol–water partition coefficient (Wildman–Crippen LogP) is 2.32. The van der Waals surface area contributed by atoms with Crippen LogP contribution in [0.5, 0.6) is 0 Å². The normalized spacial score (nSPS) is 32.8. The van der Waals surface area contributed by atoms with Crippen molar-refractivity contribution in [2.45, 2.75) is 77.5 Å². The van der Waals surface area contributed by atoms with Gasteiger partial charge in [0, 0.05) is 37.3 Å². The lowest BCUT2D eigenvalue weighted by molar-refractivity contribution is -0.0122. The Balaban J connectivity index is 1.98. The van der Waals surface area contributed by atoms with E-state index in [1.54, 1.807) is 0 Å². The highest BCUT2D eigenvalue weighted by molar-refractivity contribution is 4.93. The van der Waals surface area contributed by atoms with E-state index in [-0.39, 0.29) is 0 Å². The van der Waals surface area contributed by atoms with Crippen LogP contribution >= 0.6 is 0 Å². The number of piperidine rings is 1. The Bertz CT molecular complexity index is 269. The molecule has 1 N–H and O–H groups in total. The first kappa shape index (κ1) is 15.3. The van der Waals surface area contributed by atoms with Crippen molar-refractivity contribution in [1.82, 2.24) is 15.1 Å². The van der Waals surface area contributed by atoms with Crippen LogP contribution < -0.4 is 5.32 Å². The first-order chi connectivity index (χ1) is 9.17. The Morgan fingerprint density at radius 2 is 2.00 bits per heavy atom. The van der Waals surface area contributed by atoms with Gasteiger partial charge in [0.1, 0.15) is 0 Å². The minimum Gasteiger partial charge on any atom is -0.313 e. The zero-order valence-corrected chi connectivity index (χ0v) is 13.4.